The summed E-state index contributed by atoms with van der Waals surface area (Å²) in [7, 11) is 3.44. The second-order valence-corrected chi connectivity index (χ2v) is 6.78. The number of aromatic nitrogens is 2. The third kappa shape index (κ3) is 4.19. The zero-order chi connectivity index (χ0) is 17.8. The molecule has 8 heteroatoms. The number of aryl methyl sites for hydroxylation is 1. The molecule has 2 saturated heterocycles. The molecule has 2 aliphatic rings. The lowest BCUT2D eigenvalue weighted by molar-refractivity contribution is -0.125. The van der Waals surface area contributed by atoms with Gasteiger partial charge in [-0.2, -0.15) is 5.10 Å². The Morgan fingerprint density at radius 2 is 2.00 bits per heavy atom. The quantitative estimate of drug-likeness (QED) is 0.812. The summed E-state index contributed by atoms with van der Waals surface area (Å²) in [6, 6.07) is 2.14. The molecule has 1 aromatic heterocycles. The molecule has 3 rings (SSSR count). The van der Waals surface area contributed by atoms with E-state index in [1.807, 2.05) is 0 Å². The maximum atomic E-state index is 12.8. The van der Waals surface area contributed by atoms with E-state index in [0.29, 0.717) is 31.4 Å². The Morgan fingerprint density at radius 3 is 2.64 bits per heavy atom. The van der Waals surface area contributed by atoms with Gasteiger partial charge in [0, 0.05) is 65.7 Å². The molecule has 0 spiro atoms. The fourth-order valence-electron chi connectivity index (χ4n) is 3.67. The van der Waals surface area contributed by atoms with Crippen molar-refractivity contribution in [3.05, 3.63) is 18.0 Å². The molecular weight excluding hydrogens is 322 g/mol. The molecule has 2 fully saturated rings. The Hall–Kier alpha value is -1.93. The Kier molecular flexibility index (Phi) is 5.70. The fourth-order valence-corrected chi connectivity index (χ4v) is 3.67. The summed E-state index contributed by atoms with van der Waals surface area (Å²) in [6.45, 7) is 4.02. The highest BCUT2D eigenvalue weighted by atomic mass is 16.5. The summed E-state index contributed by atoms with van der Waals surface area (Å²) in [6.07, 6.45) is 3.72. The van der Waals surface area contributed by atoms with E-state index in [2.05, 4.69) is 15.3 Å². The third-order valence-electron chi connectivity index (χ3n) is 5.10. The number of nitrogens with one attached hydrogen (secondary N) is 1. The van der Waals surface area contributed by atoms with Crippen molar-refractivity contribution in [3.8, 4) is 0 Å². The van der Waals surface area contributed by atoms with Crippen molar-refractivity contribution in [1.29, 1.82) is 0 Å². The van der Waals surface area contributed by atoms with E-state index < -0.39 is 0 Å². The first-order valence-electron chi connectivity index (χ1n) is 8.91. The van der Waals surface area contributed by atoms with Crippen LogP contribution in [0.5, 0.6) is 0 Å². The van der Waals surface area contributed by atoms with Gasteiger partial charge in [0.05, 0.1) is 5.92 Å². The molecule has 1 aromatic rings. The van der Waals surface area contributed by atoms with Gasteiger partial charge in [-0.1, -0.05) is 0 Å². The molecule has 1 N–H and O–H groups in total. The highest BCUT2D eigenvalue weighted by Crippen LogP contribution is 2.20. The Labute approximate surface area is 148 Å². The molecule has 138 valence electrons. The van der Waals surface area contributed by atoms with Crippen LogP contribution in [0.4, 0.5) is 0 Å². The lowest BCUT2D eigenvalue weighted by Gasteiger charge is -2.34. The summed E-state index contributed by atoms with van der Waals surface area (Å²) < 4.78 is 7.08. The summed E-state index contributed by atoms with van der Waals surface area (Å²) >= 11 is 0. The standard InChI is InChI=1S/C17H27N5O3/c1-18-16(23)13-11-21(14-4-9-25-10-5-14)7-8-22(12-13)17(24)15-3-6-20(2)19-15/h3,6,13-14H,4-5,7-12H2,1-2H3,(H,18,23)/t13-/m0/s1. The Bertz CT molecular complexity index is 611. The van der Waals surface area contributed by atoms with Crippen LogP contribution in [0.2, 0.25) is 0 Å². The Balaban J connectivity index is 1.75. The molecular formula is C17H27N5O3. The first kappa shape index (κ1) is 17.9. The molecule has 0 unspecified atom stereocenters. The summed E-state index contributed by atoms with van der Waals surface area (Å²) in [4.78, 5) is 29.2. The molecule has 0 aliphatic carbocycles. The van der Waals surface area contributed by atoms with E-state index in [0.717, 1.165) is 32.6 Å². The normalized spacial score (nSPS) is 23.3. The van der Waals surface area contributed by atoms with Crippen molar-refractivity contribution in [3.63, 3.8) is 0 Å². The summed E-state index contributed by atoms with van der Waals surface area (Å²) in [5.41, 5.74) is 0.428. The molecule has 3 heterocycles. The molecule has 2 aliphatic heterocycles. The minimum absolute atomic E-state index is 0.0159. The number of hydrogen-bond donors (Lipinski definition) is 1. The molecule has 25 heavy (non-hydrogen) atoms. The first-order valence-corrected chi connectivity index (χ1v) is 8.91. The monoisotopic (exact) mass is 349 g/mol. The predicted octanol–water partition coefficient (Wildman–Crippen LogP) is -0.281. The maximum Gasteiger partial charge on any atom is 0.274 e. The molecule has 2 amide bonds. The van der Waals surface area contributed by atoms with Crippen LogP contribution in [0.15, 0.2) is 12.3 Å². The fraction of sp³-hybridized carbons (Fsp3) is 0.706. The first-order chi connectivity index (χ1) is 12.1. The minimum atomic E-state index is -0.233. The smallest absolute Gasteiger partial charge is 0.274 e. The van der Waals surface area contributed by atoms with Crippen LogP contribution in [0.3, 0.4) is 0 Å². The topological polar surface area (TPSA) is 79.7 Å². The van der Waals surface area contributed by atoms with Crippen molar-refractivity contribution in [2.24, 2.45) is 13.0 Å². The van der Waals surface area contributed by atoms with E-state index in [1.165, 1.54) is 0 Å². The largest absolute Gasteiger partial charge is 0.381 e. The number of carbonyl (C=O) groups is 2. The van der Waals surface area contributed by atoms with Gasteiger partial charge in [0.25, 0.3) is 5.91 Å². The second-order valence-electron chi connectivity index (χ2n) is 6.78. The van der Waals surface area contributed by atoms with E-state index in [1.54, 1.807) is 35.9 Å². The van der Waals surface area contributed by atoms with Crippen molar-refractivity contribution < 1.29 is 14.3 Å². The van der Waals surface area contributed by atoms with Crippen LogP contribution >= 0.6 is 0 Å². The van der Waals surface area contributed by atoms with Gasteiger partial charge < -0.3 is 15.0 Å². The van der Waals surface area contributed by atoms with Crippen molar-refractivity contribution in [1.82, 2.24) is 24.9 Å². The number of ether oxygens (including phenoxy) is 1. The summed E-state index contributed by atoms with van der Waals surface area (Å²) in [5.74, 6) is -0.357. The van der Waals surface area contributed by atoms with Gasteiger partial charge in [0.1, 0.15) is 5.69 Å². The lowest BCUT2D eigenvalue weighted by atomic mass is 10.0. The molecule has 8 nitrogen and oxygen atoms in total. The molecule has 0 radical (unpaired) electrons. The molecule has 1 atom stereocenters. The van der Waals surface area contributed by atoms with E-state index >= 15 is 0 Å². The van der Waals surface area contributed by atoms with E-state index in [9.17, 15) is 9.59 Å². The minimum Gasteiger partial charge on any atom is -0.381 e. The number of amides is 2. The average molecular weight is 349 g/mol. The average Bonchev–Trinajstić information content (AvgIpc) is 2.95. The molecule has 0 aromatic carbocycles. The number of carbonyl (C=O) groups excluding carboxylic acids is 2. The lowest BCUT2D eigenvalue weighted by Crippen LogP contribution is -2.45. The van der Waals surface area contributed by atoms with Crippen molar-refractivity contribution >= 4 is 11.8 Å². The second kappa shape index (κ2) is 7.97. The van der Waals surface area contributed by atoms with Gasteiger partial charge in [-0.3, -0.25) is 19.2 Å². The van der Waals surface area contributed by atoms with E-state index in [4.69, 9.17) is 4.74 Å². The van der Waals surface area contributed by atoms with Gasteiger partial charge in [0.15, 0.2) is 0 Å². The summed E-state index contributed by atoms with van der Waals surface area (Å²) in [5, 5.41) is 6.95. The van der Waals surface area contributed by atoms with Crippen LogP contribution in [0.25, 0.3) is 0 Å². The van der Waals surface area contributed by atoms with Crippen LogP contribution in [-0.2, 0) is 16.6 Å². The van der Waals surface area contributed by atoms with Crippen LogP contribution < -0.4 is 5.32 Å². The van der Waals surface area contributed by atoms with E-state index in [-0.39, 0.29) is 17.7 Å². The van der Waals surface area contributed by atoms with Crippen LogP contribution in [0.1, 0.15) is 23.3 Å². The highest BCUT2D eigenvalue weighted by Gasteiger charge is 2.33. The van der Waals surface area contributed by atoms with Crippen molar-refractivity contribution in [2.45, 2.75) is 18.9 Å². The highest BCUT2D eigenvalue weighted by molar-refractivity contribution is 5.92. The Morgan fingerprint density at radius 1 is 1.24 bits per heavy atom. The molecule has 0 saturated carbocycles. The maximum absolute atomic E-state index is 12.8. The van der Waals surface area contributed by atoms with Gasteiger partial charge in [-0.15, -0.1) is 0 Å². The number of nitrogens with zero attached hydrogens (tertiary/aromatic N) is 4. The molecule has 0 bridgehead atoms. The number of hydrogen-bond acceptors (Lipinski definition) is 5. The van der Waals surface area contributed by atoms with Crippen LogP contribution in [0, 0.1) is 5.92 Å². The van der Waals surface area contributed by atoms with Gasteiger partial charge in [-0.05, 0) is 18.9 Å². The predicted molar refractivity (Wildman–Crippen MR) is 92.1 cm³/mol. The zero-order valence-corrected chi connectivity index (χ0v) is 15.0. The van der Waals surface area contributed by atoms with Crippen molar-refractivity contribution in [2.75, 3.05) is 46.4 Å². The third-order valence-corrected chi connectivity index (χ3v) is 5.10. The zero-order valence-electron chi connectivity index (χ0n) is 15.0. The van der Waals surface area contributed by atoms with Gasteiger partial charge in [-0.25, -0.2) is 0 Å². The van der Waals surface area contributed by atoms with Crippen LogP contribution in [-0.4, -0.2) is 83.9 Å². The van der Waals surface area contributed by atoms with Gasteiger partial charge in [0.2, 0.25) is 5.91 Å². The van der Waals surface area contributed by atoms with Gasteiger partial charge >= 0.3 is 0 Å². The number of rotatable bonds is 3. The SMILES string of the molecule is CNC(=O)[C@@H]1CN(C(=O)c2ccn(C)n2)CCN(C2CCOCC2)C1.